The Kier molecular flexibility index (Phi) is 3.54. The lowest BCUT2D eigenvalue weighted by molar-refractivity contribution is -0.111. The van der Waals surface area contributed by atoms with Gasteiger partial charge in [0, 0.05) is 6.54 Å². The zero-order valence-corrected chi connectivity index (χ0v) is 8.74. The molecule has 3 heteroatoms. The van der Waals surface area contributed by atoms with Crippen molar-refractivity contribution >= 4 is 6.29 Å². The molecule has 1 N–H and O–H groups in total. The van der Waals surface area contributed by atoms with Gasteiger partial charge in [-0.05, 0) is 51.2 Å². The van der Waals surface area contributed by atoms with Gasteiger partial charge in [-0.1, -0.05) is 0 Å². The zero-order valence-electron chi connectivity index (χ0n) is 8.74. The highest BCUT2D eigenvalue weighted by molar-refractivity contribution is 5.58. The van der Waals surface area contributed by atoms with Crippen LogP contribution in [0.1, 0.15) is 25.7 Å². The average molecular weight is 196 g/mol. The summed E-state index contributed by atoms with van der Waals surface area (Å²) in [5, 5.41) is 3.38. The molecule has 2 aliphatic heterocycles. The van der Waals surface area contributed by atoms with Crippen molar-refractivity contribution in [1.29, 1.82) is 0 Å². The van der Waals surface area contributed by atoms with E-state index in [-0.39, 0.29) is 6.04 Å². The Hall–Kier alpha value is -0.410. The molecule has 2 heterocycles. The minimum atomic E-state index is 0.227. The summed E-state index contributed by atoms with van der Waals surface area (Å²) in [5.41, 5.74) is 0. The van der Waals surface area contributed by atoms with Crippen molar-refractivity contribution in [3.05, 3.63) is 0 Å². The first kappa shape index (κ1) is 10.1. The number of nitrogens with zero attached hydrogens (tertiary/aromatic N) is 1. The van der Waals surface area contributed by atoms with Gasteiger partial charge < -0.3 is 10.1 Å². The summed E-state index contributed by atoms with van der Waals surface area (Å²) in [6.45, 7) is 4.59. The van der Waals surface area contributed by atoms with Gasteiger partial charge >= 0.3 is 0 Å². The fourth-order valence-electron chi connectivity index (χ4n) is 2.63. The van der Waals surface area contributed by atoms with E-state index in [0.29, 0.717) is 0 Å². The van der Waals surface area contributed by atoms with E-state index in [0.717, 1.165) is 44.8 Å². The Labute approximate surface area is 85.8 Å². The molecule has 0 aromatic carbocycles. The Balaban J connectivity index is 1.80. The van der Waals surface area contributed by atoms with Crippen LogP contribution in [0.2, 0.25) is 0 Å². The lowest BCUT2D eigenvalue weighted by Crippen LogP contribution is -2.39. The van der Waals surface area contributed by atoms with Crippen LogP contribution in [-0.2, 0) is 4.79 Å². The van der Waals surface area contributed by atoms with Gasteiger partial charge in [-0.25, -0.2) is 0 Å². The molecule has 0 radical (unpaired) electrons. The predicted molar refractivity (Wildman–Crippen MR) is 56.3 cm³/mol. The van der Waals surface area contributed by atoms with Gasteiger partial charge in [0.15, 0.2) is 0 Å². The van der Waals surface area contributed by atoms with Gasteiger partial charge in [-0.2, -0.15) is 0 Å². The molecule has 80 valence electrons. The lowest BCUT2D eigenvalue weighted by atomic mass is 9.97. The van der Waals surface area contributed by atoms with Crippen LogP contribution in [-0.4, -0.2) is 43.4 Å². The monoisotopic (exact) mass is 196 g/mol. The van der Waals surface area contributed by atoms with E-state index >= 15 is 0 Å². The van der Waals surface area contributed by atoms with Crippen LogP contribution in [0.25, 0.3) is 0 Å². The van der Waals surface area contributed by atoms with Gasteiger partial charge in [-0.15, -0.1) is 0 Å². The Morgan fingerprint density at radius 1 is 1.29 bits per heavy atom. The third-order valence-corrected chi connectivity index (χ3v) is 3.52. The molecule has 0 amide bonds. The van der Waals surface area contributed by atoms with E-state index in [9.17, 15) is 4.79 Å². The minimum absolute atomic E-state index is 0.227. The van der Waals surface area contributed by atoms with Crippen LogP contribution in [0.15, 0.2) is 0 Å². The molecule has 0 aliphatic carbocycles. The van der Waals surface area contributed by atoms with E-state index in [4.69, 9.17) is 0 Å². The maximum atomic E-state index is 10.8. The molecule has 3 nitrogen and oxygen atoms in total. The van der Waals surface area contributed by atoms with Crippen molar-refractivity contribution in [3.8, 4) is 0 Å². The van der Waals surface area contributed by atoms with Gasteiger partial charge in [-0.3, -0.25) is 4.90 Å². The van der Waals surface area contributed by atoms with Crippen LogP contribution in [0.5, 0.6) is 0 Å². The Bertz CT molecular complexity index is 190. The molecule has 0 bridgehead atoms. The molecular weight excluding hydrogens is 176 g/mol. The molecule has 14 heavy (non-hydrogen) atoms. The van der Waals surface area contributed by atoms with Crippen LogP contribution in [0, 0.1) is 5.92 Å². The SMILES string of the molecule is O=CC1CCCN1CC1CCNCC1. The van der Waals surface area contributed by atoms with E-state index in [2.05, 4.69) is 10.2 Å². The third-order valence-electron chi connectivity index (χ3n) is 3.52. The standard InChI is InChI=1S/C11H20N2O/c14-9-11-2-1-7-13(11)8-10-3-5-12-6-4-10/h9-12H,1-8H2. The smallest absolute Gasteiger partial charge is 0.137 e. The number of hydrogen-bond donors (Lipinski definition) is 1. The van der Waals surface area contributed by atoms with Crippen molar-refractivity contribution in [2.45, 2.75) is 31.7 Å². The Morgan fingerprint density at radius 2 is 2.07 bits per heavy atom. The molecule has 1 atom stereocenters. The maximum absolute atomic E-state index is 10.8. The molecule has 0 aromatic heterocycles. The van der Waals surface area contributed by atoms with E-state index < -0.39 is 0 Å². The number of hydrogen-bond acceptors (Lipinski definition) is 3. The van der Waals surface area contributed by atoms with Crippen molar-refractivity contribution in [1.82, 2.24) is 10.2 Å². The van der Waals surface area contributed by atoms with E-state index in [1.54, 1.807) is 0 Å². The fourth-order valence-corrected chi connectivity index (χ4v) is 2.63. The Morgan fingerprint density at radius 3 is 2.79 bits per heavy atom. The van der Waals surface area contributed by atoms with Gasteiger partial charge in [0.2, 0.25) is 0 Å². The lowest BCUT2D eigenvalue weighted by Gasteiger charge is -2.29. The summed E-state index contributed by atoms with van der Waals surface area (Å²) in [4.78, 5) is 13.2. The number of rotatable bonds is 3. The fraction of sp³-hybridized carbons (Fsp3) is 0.909. The van der Waals surface area contributed by atoms with Crippen molar-refractivity contribution in [2.24, 2.45) is 5.92 Å². The molecule has 2 rings (SSSR count). The molecule has 2 fully saturated rings. The molecule has 2 saturated heterocycles. The first-order valence-electron chi connectivity index (χ1n) is 5.80. The summed E-state index contributed by atoms with van der Waals surface area (Å²) in [6, 6.07) is 0.227. The number of piperidine rings is 1. The van der Waals surface area contributed by atoms with Crippen LogP contribution >= 0.6 is 0 Å². The number of likely N-dealkylation sites (tertiary alicyclic amines) is 1. The predicted octanol–water partition coefficient (Wildman–Crippen LogP) is 0.649. The topological polar surface area (TPSA) is 32.3 Å². The largest absolute Gasteiger partial charge is 0.317 e. The minimum Gasteiger partial charge on any atom is -0.317 e. The normalized spacial score (nSPS) is 30.7. The highest BCUT2D eigenvalue weighted by Crippen LogP contribution is 2.20. The quantitative estimate of drug-likeness (QED) is 0.673. The summed E-state index contributed by atoms with van der Waals surface area (Å²) < 4.78 is 0. The van der Waals surface area contributed by atoms with Crippen molar-refractivity contribution in [2.75, 3.05) is 26.2 Å². The molecule has 0 aromatic rings. The average Bonchev–Trinajstić information content (AvgIpc) is 2.67. The molecule has 2 aliphatic rings. The van der Waals surface area contributed by atoms with Crippen LogP contribution in [0.3, 0.4) is 0 Å². The van der Waals surface area contributed by atoms with Gasteiger partial charge in [0.25, 0.3) is 0 Å². The van der Waals surface area contributed by atoms with E-state index in [1.165, 1.54) is 19.3 Å². The van der Waals surface area contributed by atoms with Gasteiger partial charge in [0.05, 0.1) is 6.04 Å². The second-order valence-corrected chi connectivity index (χ2v) is 4.53. The first-order valence-corrected chi connectivity index (χ1v) is 5.80. The highest BCUT2D eigenvalue weighted by atomic mass is 16.1. The third kappa shape index (κ3) is 2.34. The number of carbonyl (C=O) groups excluding carboxylic acids is 1. The van der Waals surface area contributed by atoms with Crippen molar-refractivity contribution in [3.63, 3.8) is 0 Å². The molecule has 0 saturated carbocycles. The molecular formula is C11H20N2O. The number of carbonyl (C=O) groups is 1. The van der Waals surface area contributed by atoms with Gasteiger partial charge in [0.1, 0.15) is 6.29 Å². The maximum Gasteiger partial charge on any atom is 0.137 e. The summed E-state index contributed by atoms with van der Waals surface area (Å²) in [6.07, 6.45) is 5.97. The second-order valence-electron chi connectivity index (χ2n) is 4.53. The molecule has 0 spiro atoms. The van der Waals surface area contributed by atoms with E-state index in [1.807, 2.05) is 0 Å². The summed E-state index contributed by atoms with van der Waals surface area (Å²) >= 11 is 0. The number of nitrogens with one attached hydrogen (secondary N) is 1. The summed E-state index contributed by atoms with van der Waals surface area (Å²) in [7, 11) is 0. The highest BCUT2D eigenvalue weighted by Gasteiger charge is 2.26. The zero-order chi connectivity index (χ0) is 9.80. The summed E-state index contributed by atoms with van der Waals surface area (Å²) in [5.74, 6) is 0.816. The number of aldehydes is 1. The second kappa shape index (κ2) is 4.89. The van der Waals surface area contributed by atoms with Crippen LogP contribution < -0.4 is 5.32 Å². The van der Waals surface area contributed by atoms with Crippen molar-refractivity contribution < 1.29 is 4.79 Å². The molecule has 1 unspecified atom stereocenters. The van der Waals surface area contributed by atoms with Crippen LogP contribution in [0.4, 0.5) is 0 Å². The first-order chi connectivity index (χ1) is 6.90.